The standard InChI is InChI=1S/C6H11N3O/c1-9(4-2-3-7)5-6(8)10/h2,4-5H2,1H3,(H2,8,10). The van der Waals surface area contributed by atoms with E-state index in [0.29, 0.717) is 13.0 Å². The van der Waals surface area contributed by atoms with Gasteiger partial charge in [0.1, 0.15) is 0 Å². The number of carbonyl (C=O) groups excluding carboxylic acids is 1. The molecule has 2 N–H and O–H groups in total. The van der Waals surface area contributed by atoms with Crippen molar-refractivity contribution in [3.8, 4) is 6.07 Å². The van der Waals surface area contributed by atoms with Gasteiger partial charge in [0.2, 0.25) is 5.91 Å². The molecule has 0 unspecified atom stereocenters. The van der Waals surface area contributed by atoms with Crippen LogP contribution >= 0.6 is 0 Å². The van der Waals surface area contributed by atoms with Crippen molar-refractivity contribution in [2.45, 2.75) is 6.42 Å². The molecule has 0 aromatic carbocycles. The highest BCUT2D eigenvalue weighted by molar-refractivity contribution is 5.75. The van der Waals surface area contributed by atoms with E-state index in [4.69, 9.17) is 11.0 Å². The molecule has 0 aliphatic rings. The predicted molar refractivity (Wildman–Crippen MR) is 36.9 cm³/mol. The minimum atomic E-state index is -0.361. The molecule has 56 valence electrons. The highest BCUT2D eigenvalue weighted by atomic mass is 16.1. The third-order valence-corrected chi connectivity index (χ3v) is 1.03. The first-order valence-corrected chi connectivity index (χ1v) is 3.00. The van der Waals surface area contributed by atoms with Gasteiger partial charge in [0.05, 0.1) is 12.6 Å². The molecule has 0 atom stereocenters. The summed E-state index contributed by atoms with van der Waals surface area (Å²) in [6.45, 7) is 0.821. The quantitative estimate of drug-likeness (QED) is 0.563. The molecular formula is C6H11N3O. The van der Waals surface area contributed by atoms with E-state index in [0.717, 1.165) is 0 Å². The van der Waals surface area contributed by atoms with E-state index in [1.165, 1.54) is 0 Å². The second-order valence-electron chi connectivity index (χ2n) is 2.11. The molecule has 1 amide bonds. The molecule has 0 spiro atoms. The molecule has 0 fully saturated rings. The van der Waals surface area contributed by atoms with Crippen molar-refractivity contribution in [3.05, 3.63) is 0 Å². The van der Waals surface area contributed by atoms with Crippen LogP contribution in [0.25, 0.3) is 0 Å². The summed E-state index contributed by atoms with van der Waals surface area (Å²) in [5, 5.41) is 8.16. The van der Waals surface area contributed by atoms with Gasteiger partial charge in [-0.2, -0.15) is 5.26 Å². The maximum absolute atomic E-state index is 10.3. The van der Waals surface area contributed by atoms with Gasteiger partial charge in [0.15, 0.2) is 0 Å². The number of amides is 1. The number of carbonyl (C=O) groups is 1. The first-order chi connectivity index (χ1) is 4.66. The van der Waals surface area contributed by atoms with E-state index < -0.39 is 0 Å². The van der Waals surface area contributed by atoms with Gasteiger partial charge < -0.3 is 5.73 Å². The van der Waals surface area contributed by atoms with Gasteiger partial charge >= 0.3 is 0 Å². The predicted octanol–water partition coefficient (Wildman–Crippen LogP) is -0.683. The van der Waals surface area contributed by atoms with Gasteiger partial charge in [-0.25, -0.2) is 0 Å². The minimum absolute atomic E-state index is 0.224. The normalized spacial score (nSPS) is 9.30. The summed E-state index contributed by atoms with van der Waals surface area (Å²) in [5.74, 6) is -0.361. The number of rotatable bonds is 4. The van der Waals surface area contributed by atoms with E-state index >= 15 is 0 Å². The maximum Gasteiger partial charge on any atom is 0.231 e. The molecular weight excluding hydrogens is 130 g/mol. The minimum Gasteiger partial charge on any atom is -0.369 e. The van der Waals surface area contributed by atoms with Crippen molar-refractivity contribution in [2.75, 3.05) is 20.1 Å². The summed E-state index contributed by atoms with van der Waals surface area (Å²) in [4.78, 5) is 12.0. The van der Waals surface area contributed by atoms with E-state index in [1.807, 2.05) is 6.07 Å². The maximum atomic E-state index is 10.3. The van der Waals surface area contributed by atoms with Gasteiger partial charge in [-0.15, -0.1) is 0 Å². The fourth-order valence-electron chi connectivity index (χ4n) is 0.586. The Hall–Kier alpha value is -1.08. The van der Waals surface area contributed by atoms with E-state index in [1.54, 1.807) is 11.9 Å². The third kappa shape index (κ3) is 5.06. The zero-order valence-corrected chi connectivity index (χ0v) is 6.00. The largest absolute Gasteiger partial charge is 0.369 e. The number of nitrogens with two attached hydrogens (primary N) is 1. The molecule has 0 aromatic rings. The lowest BCUT2D eigenvalue weighted by molar-refractivity contribution is -0.118. The van der Waals surface area contributed by atoms with Crippen LogP contribution < -0.4 is 5.73 Å². The lowest BCUT2D eigenvalue weighted by Gasteiger charge is -2.10. The van der Waals surface area contributed by atoms with Crippen LogP contribution in [0.5, 0.6) is 0 Å². The number of nitriles is 1. The van der Waals surface area contributed by atoms with Crippen molar-refractivity contribution in [2.24, 2.45) is 5.73 Å². The summed E-state index contributed by atoms with van der Waals surface area (Å²) in [6.07, 6.45) is 0.434. The van der Waals surface area contributed by atoms with Crippen LogP contribution in [-0.2, 0) is 4.79 Å². The van der Waals surface area contributed by atoms with Crippen LogP contribution in [-0.4, -0.2) is 30.9 Å². The highest BCUT2D eigenvalue weighted by Crippen LogP contribution is 1.83. The van der Waals surface area contributed by atoms with Gasteiger partial charge in [0.25, 0.3) is 0 Å². The molecule has 4 heteroatoms. The van der Waals surface area contributed by atoms with Gasteiger partial charge in [-0.1, -0.05) is 0 Å². The highest BCUT2D eigenvalue weighted by Gasteiger charge is 1.99. The first-order valence-electron chi connectivity index (χ1n) is 3.00. The lowest BCUT2D eigenvalue weighted by Crippen LogP contribution is -2.31. The Labute approximate surface area is 60.2 Å². The Balaban J connectivity index is 3.36. The summed E-state index contributed by atoms with van der Waals surface area (Å²) in [7, 11) is 1.75. The van der Waals surface area contributed by atoms with E-state index in [9.17, 15) is 4.79 Å². The average molecular weight is 141 g/mol. The number of hydrogen-bond acceptors (Lipinski definition) is 3. The van der Waals surface area contributed by atoms with Crippen molar-refractivity contribution < 1.29 is 4.79 Å². The molecule has 0 rings (SSSR count). The zero-order valence-electron chi connectivity index (χ0n) is 6.00. The summed E-state index contributed by atoms with van der Waals surface area (Å²) >= 11 is 0. The number of primary amides is 1. The molecule has 0 aliphatic carbocycles. The van der Waals surface area contributed by atoms with Crippen LogP contribution in [0, 0.1) is 11.3 Å². The SMILES string of the molecule is CN(CCC#N)CC(N)=O. The molecule has 0 saturated carbocycles. The topological polar surface area (TPSA) is 70.1 Å². The van der Waals surface area contributed by atoms with Crippen LogP contribution in [0.1, 0.15) is 6.42 Å². The Morgan fingerprint density at radius 2 is 2.40 bits per heavy atom. The molecule has 0 radical (unpaired) electrons. The lowest BCUT2D eigenvalue weighted by atomic mass is 10.4. The van der Waals surface area contributed by atoms with Crippen LogP contribution in [0.2, 0.25) is 0 Å². The van der Waals surface area contributed by atoms with E-state index in [2.05, 4.69) is 0 Å². The fourth-order valence-corrected chi connectivity index (χ4v) is 0.586. The molecule has 0 bridgehead atoms. The number of likely N-dealkylation sites (N-methyl/N-ethyl adjacent to an activating group) is 1. The van der Waals surface area contributed by atoms with Crippen molar-refractivity contribution >= 4 is 5.91 Å². The average Bonchev–Trinajstić information content (AvgIpc) is 1.82. The fraction of sp³-hybridized carbons (Fsp3) is 0.667. The second-order valence-corrected chi connectivity index (χ2v) is 2.11. The summed E-state index contributed by atoms with van der Waals surface area (Å²) < 4.78 is 0. The van der Waals surface area contributed by atoms with Gasteiger partial charge in [-0.3, -0.25) is 9.69 Å². The van der Waals surface area contributed by atoms with Crippen LogP contribution in [0.4, 0.5) is 0 Å². The van der Waals surface area contributed by atoms with Gasteiger partial charge in [-0.05, 0) is 7.05 Å². The monoisotopic (exact) mass is 141 g/mol. The van der Waals surface area contributed by atoms with Crippen molar-refractivity contribution in [1.82, 2.24) is 4.90 Å². The van der Waals surface area contributed by atoms with Crippen molar-refractivity contribution in [1.29, 1.82) is 5.26 Å². The van der Waals surface area contributed by atoms with Crippen LogP contribution in [0.3, 0.4) is 0 Å². The number of nitrogens with zero attached hydrogens (tertiary/aromatic N) is 2. The Kier molecular flexibility index (Phi) is 4.25. The van der Waals surface area contributed by atoms with Crippen molar-refractivity contribution in [3.63, 3.8) is 0 Å². The Morgan fingerprint density at radius 1 is 1.80 bits per heavy atom. The smallest absolute Gasteiger partial charge is 0.231 e. The Morgan fingerprint density at radius 3 is 2.80 bits per heavy atom. The third-order valence-electron chi connectivity index (χ3n) is 1.03. The molecule has 0 heterocycles. The molecule has 0 aliphatic heterocycles. The van der Waals surface area contributed by atoms with Gasteiger partial charge in [0, 0.05) is 13.0 Å². The summed E-state index contributed by atoms with van der Waals surface area (Å²) in [6, 6.07) is 1.98. The van der Waals surface area contributed by atoms with E-state index in [-0.39, 0.29) is 12.5 Å². The zero-order chi connectivity index (χ0) is 7.98. The number of hydrogen-bond donors (Lipinski definition) is 1. The molecule has 0 saturated heterocycles. The molecule has 0 aromatic heterocycles. The second kappa shape index (κ2) is 4.77. The first kappa shape index (κ1) is 8.92. The molecule has 10 heavy (non-hydrogen) atoms. The Bertz CT molecular complexity index is 150. The summed E-state index contributed by atoms with van der Waals surface area (Å²) in [5.41, 5.74) is 4.90. The van der Waals surface area contributed by atoms with Crippen LogP contribution in [0.15, 0.2) is 0 Å². The molecule has 4 nitrogen and oxygen atoms in total.